The van der Waals surface area contributed by atoms with Crippen molar-refractivity contribution >= 4 is 23.1 Å². The Bertz CT molecular complexity index is 1150. The molecule has 1 aliphatic heterocycles. The van der Waals surface area contributed by atoms with E-state index in [2.05, 4.69) is 5.32 Å². The molecule has 2 heterocycles. The Morgan fingerprint density at radius 2 is 1.74 bits per heavy atom. The van der Waals surface area contributed by atoms with E-state index in [0.29, 0.717) is 28.5 Å². The minimum Gasteiger partial charge on any atom is -0.497 e. The highest BCUT2D eigenvalue weighted by atomic mass is 16.5. The van der Waals surface area contributed by atoms with Crippen molar-refractivity contribution in [3.63, 3.8) is 0 Å². The third-order valence-corrected chi connectivity index (χ3v) is 5.06. The topological polar surface area (TPSA) is 81.0 Å². The standard InChI is InChI=1S/C24H22N2O5/c1-15-6-11-20(30-3)19(13-15)25-22-21(16-7-9-17(29-2)10-8-16)23(27)26(24(22)28)14-18-5-4-12-31-18/h4-13,25H,14H2,1-3H3. The Balaban J connectivity index is 1.78. The maximum absolute atomic E-state index is 13.3. The van der Waals surface area contributed by atoms with Crippen LogP contribution in [0.5, 0.6) is 11.5 Å². The molecule has 0 aliphatic carbocycles. The molecule has 7 heteroatoms. The lowest BCUT2D eigenvalue weighted by Crippen LogP contribution is -2.31. The van der Waals surface area contributed by atoms with E-state index in [9.17, 15) is 9.59 Å². The minimum absolute atomic E-state index is 0.0421. The van der Waals surface area contributed by atoms with E-state index >= 15 is 0 Å². The molecule has 1 N–H and O–H groups in total. The number of carbonyl (C=O) groups is 2. The first-order chi connectivity index (χ1) is 15.0. The fraction of sp³-hybridized carbons (Fsp3) is 0.167. The molecule has 7 nitrogen and oxygen atoms in total. The van der Waals surface area contributed by atoms with Gasteiger partial charge in [-0.05, 0) is 54.4 Å². The summed E-state index contributed by atoms with van der Waals surface area (Å²) in [5.74, 6) is 0.905. The fourth-order valence-corrected chi connectivity index (χ4v) is 3.47. The summed E-state index contributed by atoms with van der Waals surface area (Å²) in [6.07, 6.45) is 1.51. The number of hydrogen-bond donors (Lipinski definition) is 1. The van der Waals surface area contributed by atoms with Crippen molar-refractivity contribution < 1.29 is 23.5 Å². The first-order valence-electron chi connectivity index (χ1n) is 9.70. The molecule has 0 spiro atoms. The highest BCUT2D eigenvalue weighted by Gasteiger charge is 2.40. The van der Waals surface area contributed by atoms with E-state index in [1.165, 1.54) is 11.2 Å². The molecule has 3 aromatic rings. The second-order valence-corrected chi connectivity index (χ2v) is 7.08. The Labute approximate surface area is 179 Å². The lowest BCUT2D eigenvalue weighted by molar-refractivity contribution is -0.137. The van der Waals surface area contributed by atoms with Gasteiger partial charge in [0.05, 0.1) is 38.3 Å². The van der Waals surface area contributed by atoms with E-state index in [1.807, 2.05) is 25.1 Å². The molecule has 0 fully saturated rings. The first-order valence-corrected chi connectivity index (χ1v) is 9.70. The second-order valence-electron chi connectivity index (χ2n) is 7.08. The van der Waals surface area contributed by atoms with Gasteiger partial charge >= 0.3 is 0 Å². The highest BCUT2D eigenvalue weighted by Crippen LogP contribution is 2.35. The Morgan fingerprint density at radius 3 is 2.39 bits per heavy atom. The van der Waals surface area contributed by atoms with Gasteiger partial charge in [-0.2, -0.15) is 0 Å². The van der Waals surface area contributed by atoms with Gasteiger partial charge in [-0.25, -0.2) is 0 Å². The number of rotatable bonds is 7. The quantitative estimate of drug-likeness (QED) is 0.584. The van der Waals surface area contributed by atoms with Crippen LogP contribution in [-0.4, -0.2) is 30.9 Å². The molecule has 1 aliphatic rings. The molecular formula is C24H22N2O5. The van der Waals surface area contributed by atoms with Gasteiger partial charge in [-0.1, -0.05) is 18.2 Å². The van der Waals surface area contributed by atoms with Gasteiger partial charge in [0.15, 0.2) is 0 Å². The predicted octanol–water partition coefficient (Wildman–Crippen LogP) is 4.00. The third-order valence-electron chi connectivity index (χ3n) is 5.06. The summed E-state index contributed by atoms with van der Waals surface area (Å²) in [6.45, 7) is 1.98. The number of hydrogen-bond acceptors (Lipinski definition) is 6. The summed E-state index contributed by atoms with van der Waals surface area (Å²) in [6, 6.07) is 16.0. The van der Waals surface area contributed by atoms with Crippen LogP contribution in [0.25, 0.3) is 5.57 Å². The van der Waals surface area contributed by atoms with Gasteiger partial charge in [0, 0.05) is 0 Å². The molecule has 1 aromatic heterocycles. The number of aryl methyl sites for hydroxylation is 1. The maximum Gasteiger partial charge on any atom is 0.278 e. The average Bonchev–Trinajstić information content (AvgIpc) is 3.37. The number of furan rings is 1. The molecule has 0 bridgehead atoms. The molecule has 158 valence electrons. The number of nitrogens with zero attached hydrogens (tertiary/aromatic N) is 1. The van der Waals surface area contributed by atoms with Crippen LogP contribution < -0.4 is 14.8 Å². The molecule has 2 amide bonds. The number of methoxy groups -OCH3 is 2. The van der Waals surface area contributed by atoms with E-state index in [-0.39, 0.29) is 17.8 Å². The smallest absolute Gasteiger partial charge is 0.278 e. The fourth-order valence-electron chi connectivity index (χ4n) is 3.47. The number of carbonyl (C=O) groups excluding carboxylic acids is 2. The van der Waals surface area contributed by atoms with E-state index in [1.54, 1.807) is 50.6 Å². The van der Waals surface area contributed by atoms with Gasteiger partial charge in [0.2, 0.25) is 0 Å². The maximum atomic E-state index is 13.3. The monoisotopic (exact) mass is 418 g/mol. The zero-order chi connectivity index (χ0) is 22.0. The Kier molecular flexibility index (Phi) is 5.49. The van der Waals surface area contributed by atoms with Crippen LogP contribution >= 0.6 is 0 Å². The highest BCUT2D eigenvalue weighted by molar-refractivity contribution is 6.36. The summed E-state index contributed by atoms with van der Waals surface area (Å²) < 4.78 is 16.0. The molecule has 4 rings (SSSR count). The van der Waals surface area contributed by atoms with Crippen molar-refractivity contribution in [2.24, 2.45) is 0 Å². The van der Waals surface area contributed by atoms with Crippen LogP contribution in [0, 0.1) is 6.92 Å². The zero-order valence-electron chi connectivity index (χ0n) is 17.5. The van der Waals surface area contributed by atoms with Crippen molar-refractivity contribution in [1.82, 2.24) is 4.90 Å². The van der Waals surface area contributed by atoms with E-state index < -0.39 is 11.8 Å². The number of amides is 2. The van der Waals surface area contributed by atoms with Crippen molar-refractivity contribution in [2.45, 2.75) is 13.5 Å². The van der Waals surface area contributed by atoms with Crippen LogP contribution in [0.4, 0.5) is 5.69 Å². The van der Waals surface area contributed by atoms with Crippen LogP contribution in [0.3, 0.4) is 0 Å². The van der Waals surface area contributed by atoms with Crippen molar-refractivity contribution in [2.75, 3.05) is 19.5 Å². The summed E-state index contributed by atoms with van der Waals surface area (Å²) in [5, 5.41) is 3.15. The molecule has 0 unspecified atom stereocenters. The van der Waals surface area contributed by atoms with Gasteiger partial charge in [-0.15, -0.1) is 0 Å². The molecular weight excluding hydrogens is 396 g/mol. The summed E-state index contributed by atoms with van der Waals surface area (Å²) in [4.78, 5) is 27.8. The normalized spacial score (nSPS) is 13.7. The zero-order valence-corrected chi connectivity index (χ0v) is 17.5. The van der Waals surface area contributed by atoms with Crippen molar-refractivity contribution in [1.29, 1.82) is 0 Å². The second kappa shape index (κ2) is 8.39. The molecule has 0 saturated heterocycles. The van der Waals surface area contributed by atoms with Crippen LogP contribution in [-0.2, 0) is 16.1 Å². The minimum atomic E-state index is -0.434. The van der Waals surface area contributed by atoms with E-state index in [4.69, 9.17) is 13.9 Å². The van der Waals surface area contributed by atoms with Crippen LogP contribution in [0.2, 0.25) is 0 Å². The Morgan fingerprint density at radius 1 is 0.968 bits per heavy atom. The summed E-state index contributed by atoms with van der Waals surface area (Å²) in [7, 11) is 3.13. The summed E-state index contributed by atoms with van der Waals surface area (Å²) >= 11 is 0. The van der Waals surface area contributed by atoms with Crippen LogP contribution in [0.15, 0.2) is 71.0 Å². The van der Waals surface area contributed by atoms with Gasteiger partial charge in [0.1, 0.15) is 23.0 Å². The SMILES string of the molecule is COc1ccc(C2=C(Nc3cc(C)ccc3OC)C(=O)N(Cc3ccco3)C2=O)cc1. The molecule has 0 atom stereocenters. The molecule has 0 saturated carbocycles. The number of imide groups is 1. The molecule has 2 aromatic carbocycles. The number of anilines is 1. The number of benzene rings is 2. The lowest BCUT2D eigenvalue weighted by Gasteiger charge is -2.15. The molecule has 31 heavy (non-hydrogen) atoms. The largest absolute Gasteiger partial charge is 0.497 e. The van der Waals surface area contributed by atoms with Gasteiger partial charge < -0.3 is 19.2 Å². The summed E-state index contributed by atoms with van der Waals surface area (Å²) in [5.41, 5.74) is 2.66. The predicted molar refractivity (Wildman–Crippen MR) is 116 cm³/mol. The van der Waals surface area contributed by atoms with Gasteiger partial charge in [0.25, 0.3) is 11.8 Å². The van der Waals surface area contributed by atoms with Crippen molar-refractivity contribution in [3.05, 3.63) is 83.4 Å². The number of ether oxygens (including phenoxy) is 2. The Hall–Kier alpha value is -4.00. The van der Waals surface area contributed by atoms with Crippen molar-refractivity contribution in [3.8, 4) is 11.5 Å². The average molecular weight is 418 g/mol. The lowest BCUT2D eigenvalue weighted by atomic mass is 10.0. The number of nitrogens with one attached hydrogen (secondary N) is 1. The molecule has 0 radical (unpaired) electrons. The van der Waals surface area contributed by atoms with Crippen LogP contribution in [0.1, 0.15) is 16.9 Å². The first kappa shape index (κ1) is 20.3. The van der Waals surface area contributed by atoms with E-state index in [0.717, 1.165) is 5.56 Å². The third kappa shape index (κ3) is 3.90. The van der Waals surface area contributed by atoms with Gasteiger partial charge in [-0.3, -0.25) is 14.5 Å².